The van der Waals surface area contributed by atoms with E-state index in [0.29, 0.717) is 34.2 Å². The molecule has 1 aliphatic heterocycles. The summed E-state index contributed by atoms with van der Waals surface area (Å²) >= 11 is 6.19. The highest BCUT2D eigenvalue weighted by Crippen LogP contribution is 2.41. The number of rotatable bonds is 9. The molecule has 1 unspecified atom stereocenters. The Kier molecular flexibility index (Phi) is 6.62. The summed E-state index contributed by atoms with van der Waals surface area (Å²) in [5.74, 6) is -0.619. The van der Waals surface area contributed by atoms with Crippen molar-refractivity contribution in [1.29, 1.82) is 0 Å². The van der Waals surface area contributed by atoms with Crippen LogP contribution >= 0.6 is 11.6 Å². The summed E-state index contributed by atoms with van der Waals surface area (Å²) in [5.41, 5.74) is 1.61. The first-order chi connectivity index (χ1) is 15.5. The van der Waals surface area contributed by atoms with Gasteiger partial charge in [-0.3, -0.25) is 14.4 Å². The number of hydrogen-bond donors (Lipinski definition) is 2. The highest BCUT2D eigenvalue weighted by molar-refractivity contribution is 6.32. The van der Waals surface area contributed by atoms with Crippen LogP contribution in [0, 0.1) is 0 Å². The Morgan fingerprint density at radius 2 is 1.91 bits per heavy atom. The van der Waals surface area contributed by atoms with E-state index in [2.05, 4.69) is 10.6 Å². The first-order valence-electron chi connectivity index (χ1n) is 10.4. The minimum atomic E-state index is -0.724. The van der Waals surface area contributed by atoms with Crippen molar-refractivity contribution in [2.75, 3.05) is 32.2 Å². The second kappa shape index (κ2) is 9.58. The number of ether oxygens (including phenoxy) is 2. The standard InChI is InChI=1S/C23H24ClN3O5/c1-31-11-12-32-21-17(24)7-4-8-18(21)26-19(28)13-25-22(29)20-15-5-2-3-6-16(15)23(30)27(20)14-9-10-14/h2-8,14,20H,9-13H2,1H3,(H,25,29)(H,26,28). The lowest BCUT2D eigenvalue weighted by atomic mass is 10.0. The van der Waals surface area contributed by atoms with Crippen molar-refractivity contribution < 1.29 is 23.9 Å². The van der Waals surface area contributed by atoms with Gasteiger partial charge in [-0.15, -0.1) is 0 Å². The molecule has 1 aliphatic carbocycles. The minimum Gasteiger partial charge on any atom is -0.487 e. The average Bonchev–Trinajstić information content (AvgIpc) is 3.58. The van der Waals surface area contributed by atoms with Crippen LogP contribution in [-0.2, 0) is 14.3 Å². The number of amides is 3. The molecule has 3 amide bonds. The molecule has 1 fully saturated rings. The summed E-state index contributed by atoms with van der Waals surface area (Å²) in [5, 5.41) is 5.73. The molecule has 2 aliphatic rings. The Morgan fingerprint density at radius 1 is 1.12 bits per heavy atom. The zero-order chi connectivity index (χ0) is 22.7. The van der Waals surface area contributed by atoms with Gasteiger partial charge in [0.05, 0.1) is 23.9 Å². The second-order valence-corrected chi connectivity index (χ2v) is 8.06. The SMILES string of the molecule is COCCOc1c(Cl)cccc1NC(=O)CNC(=O)C1c2ccccc2C(=O)N1C1CC1. The van der Waals surface area contributed by atoms with Crippen LogP contribution in [0.3, 0.4) is 0 Å². The van der Waals surface area contributed by atoms with Gasteiger partial charge in [0, 0.05) is 18.7 Å². The van der Waals surface area contributed by atoms with Gasteiger partial charge in [-0.2, -0.15) is 0 Å². The molecule has 8 nitrogen and oxygen atoms in total. The van der Waals surface area contributed by atoms with E-state index in [1.807, 2.05) is 0 Å². The van der Waals surface area contributed by atoms with Gasteiger partial charge in [-0.05, 0) is 36.6 Å². The molecule has 2 N–H and O–H groups in total. The number of carbonyl (C=O) groups is 3. The van der Waals surface area contributed by atoms with E-state index in [9.17, 15) is 14.4 Å². The number of nitrogens with one attached hydrogen (secondary N) is 2. The third-order valence-electron chi connectivity index (χ3n) is 5.39. The van der Waals surface area contributed by atoms with Gasteiger partial charge in [0.15, 0.2) is 5.75 Å². The molecule has 2 aromatic carbocycles. The Morgan fingerprint density at radius 3 is 2.66 bits per heavy atom. The summed E-state index contributed by atoms with van der Waals surface area (Å²) in [4.78, 5) is 40.0. The van der Waals surface area contributed by atoms with Crippen molar-refractivity contribution >= 4 is 35.0 Å². The molecule has 0 spiro atoms. The quantitative estimate of drug-likeness (QED) is 0.564. The number of halogens is 1. The summed E-state index contributed by atoms with van der Waals surface area (Å²) in [6.45, 7) is 0.383. The Labute approximate surface area is 190 Å². The van der Waals surface area contributed by atoms with Crippen LogP contribution in [-0.4, -0.2) is 55.5 Å². The van der Waals surface area contributed by atoms with Gasteiger partial charge < -0.3 is 25.0 Å². The van der Waals surface area contributed by atoms with Crippen LogP contribution in [0.15, 0.2) is 42.5 Å². The van der Waals surface area contributed by atoms with Crippen molar-refractivity contribution in [3.8, 4) is 5.75 Å². The smallest absolute Gasteiger partial charge is 0.255 e. The van der Waals surface area contributed by atoms with Crippen LogP contribution in [0.4, 0.5) is 5.69 Å². The number of fused-ring (bicyclic) bond motifs is 1. The lowest BCUT2D eigenvalue weighted by Gasteiger charge is -2.24. The van der Waals surface area contributed by atoms with Gasteiger partial charge in [0.1, 0.15) is 12.6 Å². The normalized spacial score (nSPS) is 17.1. The highest BCUT2D eigenvalue weighted by Gasteiger charge is 2.47. The van der Waals surface area contributed by atoms with Crippen molar-refractivity contribution in [1.82, 2.24) is 10.2 Å². The van der Waals surface area contributed by atoms with E-state index in [1.54, 1.807) is 54.5 Å². The predicted octanol–water partition coefficient (Wildman–Crippen LogP) is 2.78. The molecule has 1 atom stereocenters. The van der Waals surface area contributed by atoms with Crippen molar-refractivity contribution in [2.45, 2.75) is 24.9 Å². The van der Waals surface area contributed by atoms with E-state index < -0.39 is 11.9 Å². The molecule has 9 heteroatoms. The summed E-state index contributed by atoms with van der Waals surface area (Å²) in [7, 11) is 1.56. The van der Waals surface area contributed by atoms with Crippen LogP contribution in [0.2, 0.25) is 5.02 Å². The number of hydrogen-bond acceptors (Lipinski definition) is 5. The molecule has 2 aromatic rings. The van der Waals surface area contributed by atoms with Crippen LogP contribution < -0.4 is 15.4 Å². The fraction of sp³-hybridized carbons (Fsp3) is 0.348. The molecular formula is C23H24ClN3O5. The van der Waals surface area contributed by atoms with Crippen molar-refractivity contribution in [2.24, 2.45) is 0 Å². The van der Waals surface area contributed by atoms with Gasteiger partial charge in [0.25, 0.3) is 5.91 Å². The first-order valence-corrected chi connectivity index (χ1v) is 10.8. The predicted molar refractivity (Wildman–Crippen MR) is 119 cm³/mol. The van der Waals surface area contributed by atoms with E-state index in [0.717, 1.165) is 12.8 Å². The van der Waals surface area contributed by atoms with Gasteiger partial charge in [-0.1, -0.05) is 35.9 Å². The number of nitrogens with zero attached hydrogens (tertiary/aromatic N) is 1. The molecular weight excluding hydrogens is 434 g/mol. The maximum Gasteiger partial charge on any atom is 0.255 e. The van der Waals surface area contributed by atoms with Crippen molar-refractivity contribution in [3.05, 3.63) is 58.6 Å². The molecule has 0 bridgehead atoms. The minimum absolute atomic E-state index is 0.0674. The first kappa shape index (κ1) is 22.1. The number of para-hydroxylation sites is 1. The number of carbonyl (C=O) groups excluding carboxylic acids is 3. The topological polar surface area (TPSA) is 97.0 Å². The average molecular weight is 458 g/mol. The van der Waals surface area contributed by atoms with E-state index in [1.165, 1.54) is 0 Å². The van der Waals surface area contributed by atoms with Gasteiger partial charge >= 0.3 is 0 Å². The van der Waals surface area contributed by atoms with E-state index in [4.69, 9.17) is 21.1 Å². The van der Waals surface area contributed by atoms with E-state index in [-0.39, 0.29) is 31.0 Å². The molecule has 1 heterocycles. The summed E-state index contributed by atoms with van der Waals surface area (Å²) in [6.07, 6.45) is 1.76. The maximum atomic E-state index is 13.0. The zero-order valence-corrected chi connectivity index (χ0v) is 18.4. The van der Waals surface area contributed by atoms with Crippen LogP contribution in [0.5, 0.6) is 5.75 Å². The summed E-state index contributed by atoms with van der Waals surface area (Å²) in [6, 6.07) is 11.5. The Hall–Kier alpha value is -3.10. The van der Waals surface area contributed by atoms with E-state index >= 15 is 0 Å². The monoisotopic (exact) mass is 457 g/mol. The zero-order valence-electron chi connectivity index (χ0n) is 17.6. The third kappa shape index (κ3) is 4.56. The highest BCUT2D eigenvalue weighted by atomic mass is 35.5. The molecule has 32 heavy (non-hydrogen) atoms. The van der Waals surface area contributed by atoms with Gasteiger partial charge in [0.2, 0.25) is 11.8 Å². The fourth-order valence-electron chi connectivity index (χ4n) is 3.77. The Bertz CT molecular complexity index is 1040. The number of anilines is 1. The molecule has 1 saturated carbocycles. The van der Waals surface area contributed by atoms with Crippen LogP contribution in [0.25, 0.3) is 0 Å². The maximum absolute atomic E-state index is 13.0. The molecule has 0 saturated heterocycles. The summed E-state index contributed by atoms with van der Waals surface area (Å²) < 4.78 is 10.6. The lowest BCUT2D eigenvalue weighted by molar-refractivity contribution is -0.127. The Balaban J connectivity index is 1.41. The lowest BCUT2D eigenvalue weighted by Crippen LogP contribution is -2.42. The number of methoxy groups -OCH3 is 1. The second-order valence-electron chi connectivity index (χ2n) is 7.66. The molecule has 4 rings (SSSR count). The fourth-order valence-corrected chi connectivity index (χ4v) is 4.00. The molecule has 0 aromatic heterocycles. The largest absolute Gasteiger partial charge is 0.487 e. The van der Waals surface area contributed by atoms with Gasteiger partial charge in [-0.25, -0.2) is 0 Å². The van der Waals surface area contributed by atoms with Crippen LogP contribution in [0.1, 0.15) is 34.8 Å². The molecule has 0 radical (unpaired) electrons. The number of benzene rings is 2. The van der Waals surface area contributed by atoms with Crippen molar-refractivity contribution in [3.63, 3.8) is 0 Å². The molecule has 168 valence electrons. The third-order valence-corrected chi connectivity index (χ3v) is 5.68.